The predicted octanol–water partition coefficient (Wildman–Crippen LogP) is 1.75. The molecular weight excluding hydrogens is 228 g/mol. The standard InChI is InChI=1S/C10H12N2O3S/c1-14-8-5-3-4-7(6-8)11-9(16)12-10(13)15-2/h3-6H,1-2H3,(H2,11,12,13,16). The van der Waals surface area contributed by atoms with Gasteiger partial charge in [-0.2, -0.15) is 0 Å². The average molecular weight is 240 g/mol. The van der Waals surface area contributed by atoms with Crippen molar-refractivity contribution in [2.75, 3.05) is 19.5 Å². The molecule has 0 aliphatic heterocycles. The topological polar surface area (TPSA) is 59.6 Å². The first kappa shape index (κ1) is 12.3. The maximum absolute atomic E-state index is 10.9. The number of benzene rings is 1. The Hall–Kier alpha value is -1.82. The van der Waals surface area contributed by atoms with E-state index in [0.717, 1.165) is 5.69 Å². The maximum Gasteiger partial charge on any atom is 0.413 e. The molecule has 0 spiro atoms. The van der Waals surface area contributed by atoms with Crippen molar-refractivity contribution in [1.82, 2.24) is 5.32 Å². The van der Waals surface area contributed by atoms with Crippen LogP contribution in [0.3, 0.4) is 0 Å². The Bertz CT molecular complexity index is 395. The third-order valence-corrected chi connectivity index (χ3v) is 1.93. The number of thiocarbonyl (C=S) groups is 1. The summed E-state index contributed by atoms with van der Waals surface area (Å²) < 4.78 is 9.44. The molecule has 0 aromatic heterocycles. The van der Waals surface area contributed by atoms with E-state index in [2.05, 4.69) is 15.4 Å². The zero-order valence-electron chi connectivity index (χ0n) is 8.94. The van der Waals surface area contributed by atoms with Crippen molar-refractivity contribution in [3.63, 3.8) is 0 Å². The molecule has 0 radical (unpaired) electrons. The lowest BCUT2D eigenvalue weighted by atomic mass is 10.3. The van der Waals surface area contributed by atoms with Crippen LogP contribution in [0.4, 0.5) is 10.5 Å². The second-order valence-corrected chi connectivity index (χ2v) is 3.21. The average Bonchev–Trinajstić information content (AvgIpc) is 2.28. The first-order valence-electron chi connectivity index (χ1n) is 4.45. The molecule has 1 aromatic carbocycles. The molecule has 0 saturated heterocycles. The van der Waals surface area contributed by atoms with Crippen LogP contribution in [0.1, 0.15) is 0 Å². The van der Waals surface area contributed by atoms with E-state index in [1.165, 1.54) is 7.11 Å². The fraction of sp³-hybridized carbons (Fsp3) is 0.200. The van der Waals surface area contributed by atoms with Gasteiger partial charge in [-0.15, -0.1) is 0 Å². The van der Waals surface area contributed by atoms with Crippen LogP contribution in [-0.4, -0.2) is 25.4 Å². The van der Waals surface area contributed by atoms with Crippen molar-refractivity contribution in [1.29, 1.82) is 0 Å². The van der Waals surface area contributed by atoms with Crippen LogP contribution in [0.15, 0.2) is 24.3 Å². The molecule has 86 valence electrons. The molecule has 0 bridgehead atoms. The zero-order chi connectivity index (χ0) is 12.0. The minimum absolute atomic E-state index is 0.167. The third kappa shape index (κ3) is 3.74. The largest absolute Gasteiger partial charge is 0.497 e. The van der Waals surface area contributed by atoms with Crippen LogP contribution < -0.4 is 15.4 Å². The first-order chi connectivity index (χ1) is 7.65. The molecule has 1 aromatic rings. The maximum atomic E-state index is 10.9. The van der Waals surface area contributed by atoms with Crippen LogP contribution >= 0.6 is 12.2 Å². The minimum Gasteiger partial charge on any atom is -0.497 e. The van der Waals surface area contributed by atoms with Gasteiger partial charge in [0, 0.05) is 11.8 Å². The van der Waals surface area contributed by atoms with Gasteiger partial charge in [0.15, 0.2) is 5.11 Å². The van der Waals surface area contributed by atoms with Crippen LogP contribution in [0, 0.1) is 0 Å². The molecule has 0 heterocycles. The summed E-state index contributed by atoms with van der Waals surface area (Å²) in [6, 6.07) is 7.17. The molecule has 0 atom stereocenters. The monoisotopic (exact) mass is 240 g/mol. The Balaban J connectivity index is 2.59. The Labute approximate surface area is 98.7 Å². The van der Waals surface area contributed by atoms with Gasteiger partial charge < -0.3 is 14.8 Å². The number of amides is 1. The Kier molecular flexibility index (Phi) is 4.53. The van der Waals surface area contributed by atoms with Crippen molar-refractivity contribution >= 4 is 29.1 Å². The van der Waals surface area contributed by atoms with Gasteiger partial charge in [0.25, 0.3) is 0 Å². The molecule has 0 unspecified atom stereocenters. The number of methoxy groups -OCH3 is 2. The van der Waals surface area contributed by atoms with E-state index in [4.69, 9.17) is 17.0 Å². The molecule has 1 amide bonds. The quantitative estimate of drug-likeness (QED) is 0.771. The molecule has 6 heteroatoms. The van der Waals surface area contributed by atoms with E-state index < -0.39 is 6.09 Å². The van der Waals surface area contributed by atoms with Crippen LogP contribution in [0.25, 0.3) is 0 Å². The lowest BCUT2D eigenvalue weighted by Crippen LogP contribution is -2.33. The van der Waals surface area contributed by atoms with Crippen molar-refractivity contribution in [2.24, 2.45) is 0 Å². The lowest BCUT2D eigenvalue weighted by molar-refractivity contribution is 0.177. The van der Waals surface area contributed by atoms with Gasteiger partial charge in [-0.3, -0.25) is 5.32 Å². The second-order valence-electron chi connectivity index (χ2n) is 2.80. The highest BCUT2D eigenvalue weighted by atomic mass is 32.1. The van der Waals surface area contributed by atoms with E-state index in [-0.39, 0.29) is 5.11 Å². The van der Waals surface area contributed by atoms with Gasteiger partial charge in [0.1, 0.15) is 5.75 Å². The number of carbonyl (C=O) groups is 1. The van der Waals surface area contributed by atoms with E-state index in [1.54, 1.807) is 19.2 Å². The molecule has 0 aliphatic carbocycles. The number of rotatable bonds is 2. The summed E-state index contributed by atoms with van der Waals surface area (Å²) in [5.74, 6) is 0.700. The Morgan fingerprint density at radius 1 is 1.38 bits per heavy atom. The third-order valence-electron chi connectivity index (χ3n) is 1.73. The normalized spacial score (nSPS) is 9.12. The molecule has 5 nitrogen and oxygen atoms in total. The van der Waals surface area contributed by atoms with Gasteiger partial charge in [0.05, 0.1) is 14.2 Å². The summed E-state index contributed by atoms with van der Waals surface area (Å²) >= 11 is 4.89. The number of alkyl carbamates (subject to hydrolysis) is 1. The van der Waals surface area contributed by atoms with E-state index >= 15 is 0 Å². The Morgan fingerprint density at radius 3 is 2.75 bits per heavy atom. The van der Waals surface area contributed by atoms with Gasteiger partial charge in [-0.25, -0.2) is 4.79 Å². The molecular formula is C10H12N2O3S. The highest BCUT2D eigenvalue weighted by Crippen LogP contribution is 2.16. The van der Waals surface area contributed by atoms with Crippen molar-refractivity contribution < 1.29 is 14.3 Å². The lowest BCUT2D eigenvalue weighted by Gasteiger charge is -2.09. The molecule has 0 saturated carbocycles. The van der Waals surface area contributed by atoms with Gasteiger partial charge in [0.2, 0.25) is 0 Å². The highest BCUT2D eigenvalue weighted by molar-refractivity contribution is 7.80. The zero-order valence-corrected chi connectivity index (χ0v) is 9.76. The number of anilines is 1. The molecule has 0 fully saturated rings. The van der Waals surface area contributed by atoms with E-state index in [9.17, 15) is 4.79 Å². The number of nitrogens with one attached hydrogen (secondary N) is 2. The van der Waals surface area contributed by atoms with Crippen LogP contribution in [-0.2, 0) is 4.74 Å². The molecule has 2 N–H and O–H groups in total. The van der Waals surface area contributed by atoms with Crippen molar-refractivity contribution in [3.8, 4) is 5.75 Å². The summed E-state index contributed by atoms with van der Waals surface area (Å²) in [7, 11) is 2.84. The fourth-order valence-electron chi connectivity index (χ4n) is 1.01. The smallest absolute Gasteiger partial charge is 0.413 e. The predicted molar refractivity (Wildman–Crippen MR) is 64.8 cm³/mol. The number of hydrogen-bond acceptors (Lipinski definition) is 4. The summed E-state index contributed by atoms with van der Waals surface area (Å²) in [5, 5.41) is 5.32. The first-order valence-corrected chi connectivity index (χ1v) is 4.86. The number of hydrogen-bond donors (Lipinski definition) is 2. The minimum atomic E-state index is -0.611. The van der Waals surface area contributed by atoms with Crippen LogP contribution in [0.5, 0.6) is 5.75 Å². The summed E-state index contributed by atoms with van der Waals surface area (Å²) in [4.78, 5) is 10.9. The highest BCUT2D eigenvalue weighted by Gasteiger charge is 2.03. The number of ether oxygens (including phenoxy) is 2. The fourth-order valence-corrected chi connectivity index (χ4v) is 1.21. The summed E-state index contributed by atoms with van der Waals surface area (Å²) in [6.07, 6.45) is -0.611. The molecule has 1 rings (SSSR count). The van der Waals surface area contributed by atoms with Gasteiger partial charge in [-0.05, 0) is 24.4 Å². The summed E-state index contributed by atoms with van der Waals surface area (Å²) in [5.41, 5.74) is 0.723. The van der Waals surface area contributed by atoms with Crippen LogP contribution in [0.2, 0.25) is 0 Å². The van der Waals surface area contributed by atoms with E-state index in [0.29, 0.717) is 5.75 Å². The number of carbonyl (C=O) groups excluding carboxylic acids is 1. The van der Waals surface area contributed by atoms with Crippen molar-refractivity contribution in [2.45, 2.75) is 0 Å². The Morgan fingerprint density at radius 2 is 2.12 bits per heavy atom. The SMILES string of the molecule is COC(=O)NC(=S)Nc1cccc(OC)c1. The molecule has 0 aliphatic rings. The van der Waals surface area contributed by atoms with Gasteiger partial charge in [-0.1, -0.05) is 6.07 Å². The second kappa shape index (κ2) is 5.92. The molecule has 16 heavy (non-hydrogen) atoms. The van der Waals surface area contributed by atoms with E-state index in [1.807, 2.05) is 12.1 Å². The summed E-state index contributed by atoms with van der Waals surface area (Å²) in [6.45, 7) is 0. The van der Waals surface area contributed by atoms with Gasteiger partial charge >= 0.3 is 6.09 Å². The van der Waals surface area contributed by atoms with Crippen molar-refractivity contribution in [3.05, 3.63) is 24.3 Å².